The third-order valence-electron chi connectivity index (χ3n) is 5.01. The summed E-state index contributed by atoms with van der Waals surface area (Å²) in [6, 6.07) is 12.4. The lowest BCUT2D eigenvalue weighted by atomic mass is 10.1. The highest BCUT2D eigenvalue weighted by Crippen LogP contribution is 2.25. The second-order valence-corrected chi connectivity index (χ2v) is 8.32. The summed E-state index contributed by atoms with van der Waals surface area (Å²) in [5.74, 6) is 0.608. The van der Waals surface area contributed by atoms with E-state index < -0.39 is 12.0 Å². The number of nitrogens with zero attached hydrogens (tertiary/aromatic N) is 3. The molecule has 0 amide bonds. The van der Waals surface area contributed by atoms with E-state index in [2.05, 4.69) is 31.2 Å². The quantitative estimate of drug-likeness (QED) is 0.399. The molecule has 0 fully saturated rings. The summed E-state index contributed by atoms with van der Waals surface area (Å²) in [6.45, 7) is 1.15. The summed E-state index contributed by atoms with van der Waals surface area (Å²) in [5.41, 5.74) is 1.65. The molecule has 2 aromatic carbocycles. The molecule has 2 N–H and O–H groups in total. The molecule has 0 spiro atoms. The van der Waals surface area contributed by atoms with E-state index in [0.717, 1.165) is 27.5 Å². The lowest BCUT2D eigenvalue weighted by Crippen LogP contribution is -2.39. The van der Waals surface area contributed by atoms with Gasteiger partial charge in [-0.05, 0) is 61.0 Å². The number of ether oxygens (including phenoxy) is 2. The Bertz CT molecular complexity index is 1200. The van der Waals surface area contributed by atoms with E-state index in [0.29, 0.717) is 30.6 Å². The number of hydrogen-bond donors (Lipinski definition) is 2. The molecule has 0 saturated carbocycles. The fraction of sp³-hybridized carbons (Fsp3) is 0.208. The van der Waals surface area contributed by atoms with Crippen LogP contribution >= 0.6 is 15.9 Å². The number of fused-ring (bicyclic) bond motifs is 1. The van der Waals surface area contributed by atoms with Crippen molar-refractivity contribution >= 4 is 44.4 Å². The molecule has 4 rings (SSSR count). The first-order valence-electron chi connectivity index (χ1n) is 10.4. The van der Waals surface area contributed by atoms with Crippen molar-refractivity contribution in [2.75, 3.05) is 25.6 Å². The number of methoxy groups -OCH3 is 1. The maximum absolute atomic E-state index is 11.7. The molecule has 9 heteroatoms. The van der Waals surface area contributed by atoms with Gasteiger partial charge in [-0.25, -0.2) is 14.8 Å². The molecule has 8 nitrogen and oxygen atoms in total. The number of carboxylic acids is 1. The average molecular weight is 511 g/mol. The summed E-state index contributed by atoms with van der Waals surface area (Å²) < 4.78 is 12.0. The number of anilines is 2. The monoisotopic (exact) mass is 510 g/mol. The van der Waals surface area contributed by atoms with E-state index in [9.17, 15) is 9.90 Å². The Hall–Kier alpha value is -3.43. The highest BCUT2D eigenvalue weighted by Gasteiger charge is 2.24. The summed E-state index contributed by atoms with van der Waals surface area (Å²) in [4.78, 5) is 22.4. The Morgan fingerprint density at radius 2 is 2.06 bits per heavy atom. The van der Waals surface area contributed by atoms with E-state index in [1.807, 2.05) is 36.4 Å². The third-order valence-corrected chi connectivity index (χ3v) is 5.54. The van der Waals surface area contributed by atoms with Gasteiger partial charge in [-0.15, -0.1) is 0 Å². The average Bonchev–Trinajstić information content (AvgIpc) is 2.81. The number of rotatable bonds is 9. The highest BCUT2D eigenvalue weighted by atomic mass is 79.9. The van der Waals surface area contributed by atoms with Crippen LogP contribution in [0.15, 0.2) is 77.2 Å². The van der Waals surface area contributed by atoms with Crippen LogP contribution in [0.25, 0.3) is 10.9 Å². The van der Waals surface area contributed by atoms with Gasteiger partial charge in [0.15, 0.2) is 0 Å². The zero-order chi connectivity index (χ0) is 23.2. The Morgan fingerprint density at radius 3 is 2.82 bits per heavy atom. The van der Waals surface area contributed by atoms with Crippen molar-refractivity contribution in [2.24, 2.45) is 0 Å². The lowest BCUT2D eigenvalue weighted by Gasteiger charge is -2.28. The van der Waals surface area contributed by atoms with E-state index in [-0.39, 0.29) is 0 Å². The second kappa shape index (κ2) is 10.5. The Morgan fingerprint density at radius 1 is 1.24 bits per heavy atom. The van der Waals surface area contributed by atoms with Crippen LogP contribution in [0.2, 0.25) is 0 Å². The Balaban J connectivity index is 1.46. The molecule has 1 unspecified atom stereocenters. The zero-order valence-corrected chi connectivity index (χ0v) is 19.5. The molecule has 1 aliphatic heterocycles. The number of nitrogens with one attached hydrogen (secondary N) is 1. The molecular formula is C24H23BrN4O4. The maximum Gasteiger partial charge on any atom is 0.330 e. The van der Waals surface area contributed by atoms with Gasteiger partial charge in [0.25, 0.3) is 0 Å². The van der Waals surface area contributed by atoms with Crippen LogP contribution in [0, 0.1) is 0 Å². The number of aromatic nitrogens is 2. The standard InChI is InChI=1S/C24H23BrN4O4/c1-32-12-2-10-29-11-9-20(14-22(29)23(30)31)33-19-7-8-21-16(13-19)15-26-24(28-21)27-18-5-3-17(25)4-6-18/h3-9,11,13-15,22H,2,10,12H2,1H3,(H,30,31)(H,26,27,28). The molecule has 0 aliphatic carbocycles. The first-order valence-corrected chi connectivity index (χ1v) is 11.2. The van der Waals surface area contributed by atoms with Crippen molar-refractivity contribution in [1.82, 2.24) is 14.9 Å². The van der Waals surface area contributed by atoms with E-state index >= 15 is 0 Å². The number of aliphatic carboxylic acids is 1. The van der Waals surface area contributed by atoms with Gasteiger partial charge >= 0.3 is 5.97 Å². The number of benzene rings is 2. The van der Waals surface area contributed by atoms with Gasteiger partial charge in [-0.3, -0.25) is 0 Å². The van der Waals surface area contributed by atoms with Crippen LogP contribution in [-0.4, -0.2) is 52.2 Å². The van der Waals surface area contributed by atoms with Gasteiger partial charge in [0.1, 0.15) is 17.6 Å². The van der Waals surface area contributed by atoms with E-state index in [1.54, 1.807) is 42.6 Å². The number of carboxylic acid groups (broad SMARTS) is 1. The largest absolute Gasteiger partial charge is 0.479 e. The molecule has 1 atom stereocenters. The smallest absolute Gasteiger partial charge is 0.330 e. The Labute approximate surface area is 199 Å². The molecular weight excluding hydrogens is 488 g/mol. The second-order valence-electron chi connectivity index (χ2n) is 7.40. The van der Waals surface area contributed by atoms with Crippen molar-refractivity contribution in [3.05, 3.63) is 77.2 Å². The lowest BCUT2D eigenvalue weighted by molar-refractivity contribution is -0.140. The molecule has 3 aromatic rings. The van der Waals surface area contributed by atoms with E-state index in [1.165, 1.54) is 0 Å². The summed E-state index contributed by atoms with van der Waals surface area (Å²) in [6.07, 6.45) is 7.56. The summed E-state index contributed by atoms with van der Waals surface area (Å²) in [7, 11) is 1.63. The van der Waals surface area contributed by atoms with Gasteiger partial charge in [0.05, 0.1) is 5.52 Å². The van der Waals surface area contributed by atoms with Crippen LogP contribution < -0.4 is 10.1 Å². The number of hydrogen-bond acceptors (Lipinski definition) is 7. The highest BCUT2D eigenvalue weighted by molar-refractivity contribution is 9.10. The molecule has 1 aliphatic rings. The minimum atomic E-state index is -0.935. The Kier molecular flexibility index (Phi) is 7.21. The maximum atomic E-state index is 11.7. The van der Waals surface area contributed by atoms with Crippen LogP contribution in [0.5, 0.6) is 5.75 Å². The molecule has 2 heterocycles. The van der Waals surface area contributed by atoms with Crippen molar-refractivity contribution in [3.63, 3.8) is 0 Å². The van der Waals surface area contributed by atoms with Crippen LogP contribution in [0.4, 0.5) is 11.6 Å². The fourth-order valence-corrected chi connectivity index (χ4v) is 3.65. The van der Waals surface area contributed by atoms with Gasteiger partial charge in [0.2, 0.25) is 5.95 Å². The van der Waals surface area contributed by atoms with E-state index in [4.69, 9.17) is 9.47 Å². The van der Waals surface area contributed by atoms with Gasteiger partial charge in [-0.1, -0.05) is 15.9 Å². The van der Waals surface area contributed by atoms with Crippen molar-refractivity contribution in [1.29, 1.82) is 0 Å². The zero-order valence-electron chi connectivity index (χ0n) is 17.9. The van der Waals surface area contributed by atoms with Crippen molar-refractivity contribution in [2.45, 2.75) is 12.5 Å². The molecule has 170 valence electrons. The van der Waals surface area contributed by atoms with Crippen molar-refractivity contribution < 1.29 is 19.4 Å². The minimum absolute atomic E-state index is 0.471. The summed E-state index contributed by atoms with van der Waals surface area (Å²) in [5, 5.41) is 13.6. The van der Waals surface area contributed by atoms with Crippen LogP contribution in [-0.2, 0) is 9.53 Å². The van der Waals surface area contributed by atoms with Crippen LogP contribution in [0.1, 0.15) is 6.42 Å². The third kappa shape index (κ3) is 5.88. The summed E-state index contributed by atoms with van der Waals surface area (Å²) >= 11 is 3.42. The number of allylic oxidation sites excluding steroid dienone is 1. The number of halogens is 1. The molecule has 0 radical (unpaired) electrons. The van der Waals surface area contributed by atoms with Crippen molar-refractivity contribution in [3.8, 4) is 5.75 Å². The van der Waals surface area contributed by atoms with Gasteiger partial charge in [-0.2, -0.15) is 0 Å². The van der Waals surface area contributed by atoms with Gasteiger partial charge in [0, 0.05) is 48.2 Å². The molecule has 0 bridgehead atoms. The van der Waals surface area contributed by atoms with Crippen LogP contribution in [0.3, 0.4) is 0 Å². The first kappa shape index (κ1) is 22.8. The number of carbonyl (C=O) groups is 1. The predicted molar refractivity (Wildman–Crippen MR) is 129 cm³/mol. The normalized spacial score (nSPS) is 15.4. The molecule has 0 saturated heterocycles. The predicted octanol–water partition coefficient (Wildman–Crippen LogP) is 4.72. The first-order chi connectivity index (χ1) is 16.0. The fourth-order valence-electron chi connectivity index (χ4n) is 3.39. The minimum Gasteiger partial charge on any atom is -0.479 e. The van der Waals surface area contributed by atoms with Gasteiger partial charge < -0.3 is 24.8 Å². The molecule has 1 aromatic heterocycles. The topological polar surface area (TPSA) is 96.8 Å². The molecule has 33 heavy (non-hydrogen) atoms. The SMILES string of the molecule is COCCCN1C=CC(Oc2ccc3nc(Nc4ccc(Br)cc4)ncc3c2)=CC1C(=O)O.